The van der Waals surface area contributed by atoms with Gasteiger partial charge in [0, 0.05) is 16.8 Å². The van der Waals surface area contributed by atoms with Crippen LogP contribution < -0.4 is 0 Å². The van der Waals surface area contributed by atoms with Gasteiger partial charge >= 0.3 is 0 Å². The van der Waals surface area contributed by atoms with E-state index in [1.54, 1.807) is 0 Å². The summed E-state index contributed by atoms with van der Waals surface area (Å²) in [6.07, 6.45) is 2.49. The molecule has 0 aromatic heterocycles. The van der Waals surface area contributed by atoms with Crippen LogP contribution in [0.25, 0.3) is 0 Å². The molecule has 0 aliphatic carbocycles. The van der Waals surface area contributed by atoms with Crippen LogP contribution in [-0.2, 0) is 0 Å². The smallest absolute Gasteiger partial charge is 0.162 e. The highest BCUT2D eigenvalue weighted by atomic mass is 79.9. The van der Waals surface area contributed by atoms with Gasteiger partial charge in [-0.15, -0.1) is 0 Å². The van der Waals surface area contributed by atoms with E-state index < -0.39 is 0 Å². The van der Waals surface area contributed by atoms with Gasteiger partial charge < -0.3 is 0 Å². The minimum absolute atomic E-state index is 0.230. The molecule has 0 fully saturated rings. The number of halogens is 1. The molecule has 2 aromatic carbocycles. The Hall–Kier alpha value is -1.41. The fourth-order valence-corrected chi connectivity index (χ4v) is 2.67. The summed E-state index contributed by atoms with van der Waals surface area (Å²) in [5.41, 5.74) is 2.09. The molecule has 1 nitrogen and oxygen atoms in total. The van der Waals surface area contributed by atoms with E-state index in [2.05, 4.69) is 28.1 Å². The Kier molecular flexibility index (Phi) is 5.34. The molecule has 1 unspecified atom stereocenters. The summed E-state index contributed by atoms with van der Waals surface area (Å²) >= 11 is 3.68. The van der Waals surface area contributed by atoms with Gasteiger partial charge in [0.25, 0.3) is 0 Å². The van der Waals surface area contributed by atoms with Crippen LogP contribution >= 0.6 is 15.9 Å². The van der Waals surface area contributed by atoms with E-state index >= 15 is 0 Å². The van der Waals surface area contributed by atoms with E-state index in [1.165, 1.54) is 5.56 Å². The maximum absolute atomic E-state index is 11.9. The lowest BCUT2D eigenvalue weighted by Gasteiger charge is -2.09. The predicted octanol–water partition coefficient (Wildman–Crippen LogP) is 5.18. The first-order valence-corrected chi connectivity index (χ1v) is 7.46. The Labute approximate surface area is 122 Å². The molecule has 0 saturated heterocycles. The van der Waals surface area contributed by atoms with Crippen LogP contribution in [0.4, 0.5) is 0 Å². The maximum atomic E-state index is 11.9. The third-order valence-electron chi connectivity index (χ3n) is 3.12. The van der Waals surface area contributed by atoms with Crippen molar-refractivity contribution in [1.82, 2.24) is 0 Å². The highest BCUT2D eigenvalue weighted by Crippen LogP contribution is 2.28. The van der Waals surface area contributed by atoms with E-state index in [-0.39, 0.29) is 5.78 Å². The Morgan fingerprint density at radius 1 is 0.947 bits per heavy atom. The SMILES string of the molecule is O=C(CCCC(Br)c1ccccc1)c1ccccc1. The van der Waals surface area contributed by atoms with Crippen LogP contribution in [0.15, 0.2) is 60.7 Å². The van der Waals surface area contributed by atoms with Gasteiger partial charge in [0.05, 0.1) is 0 Å². The molecule has 0 amide bonds. The Bertz CT molecular complexity index is 507. The summed E-state index contributed by atoms with van der Waals surface area (Å²) in [7, 11) is 0. The summed E-state index contributed by atoms with van der Waals surface area (Å²) in [6, 6.07) is 19.8. The first kappa shape index (κ1) is 14.0. The molecule has 0 aliphatic rings. The lowest BCUT2D eigenvalue weighted by atomic mass is 10.0. The zero-order valence-electron chi connectivity index (χ0n) is 10.8. The molecule has 1 atom stereocenters. The molecular formula is C17H17BrO. The normalized spacial score (nSPS) is 12.1. The summed E-state index contributed by atoms with van der Waals surface area (Å²) in [6.45, 7) is 0. The highest BCUT2D eigenvalue weighted by Gasteiger charge is 2.09. The van der Waals surface area contributed by atoms with Crippen molar-refractivity contribution < 1.29 is 4.79 Å². The molecule has 2 aromatic rings. The molecule has 0 saturated carbocycles. The molecule has 98 valence electrons. The standard InChI is InChI=1S/C17H17BrO/c18-16(14-8-3-1-4-9-14)12-7-13-17(19)15-10-5-2-6-11-15/h1-6,8-11,16H,7,12-13H2. The van der Waals surface area contributed by atoms with Crippen molar-refractivity contribution in [2.45, 2.75) is 24.1 Å². The van der Waals surface area contributed by atoms with Gasteiger partial charge in [0.2, 0.25) is 0 Å². The van der Waals surface area contributed by atoms with Crippen molar-refractivity contribution in [3.8, 4) is 0 Å². The Morgan fingerprint density at radius 3 is 2.16 bits per heavy atom. The number of carbonyl (C=O) groups excluding carboxylic acids is 1. The van der Waals surface area contributed by atoms with E-state index in [9.17, 15) is 4.79 Å². The highest BCUT2D eigenvalue weighted by molar-refractivity contribution is 9.09. The third-order valence-corrected chi connectivity index (χ3v) is 4.10. The molecule has 2 rings (SSSR count). The van der Waals surface area contributed by atoms with E-state index in [0.29, 0.717) is 11.2 Å². The maximum Gasteiger partial charge on any atom is 0.162 e. The molecular weight excluding hydrogens is 300 g/mol. The fourth-order valence-electron chi connectivity index (χ4n) is 2.04. The van der Waals surface area contributed by atoms with Crippen LogP contribution in [-0.4, -0.2) is 5.78 Å². The van der Waals surface area contributed by atoms with Crippen molar-refractivity contribution in [2.75, 3.05) is 0 Å². The Morgan fingerprint density at radius 2 is 1.53 bits per heavy atom. The van der Waals surface area contributed by atoms with E-state index in [4.69, 9.17) is 0 Å². The molecule has 0 spiro atoms. The number of hydrogen-bond donors (Lipinski definition) is 0. The lowest BCUT2D eigenvalue weighted by molar-refractivity contribution is 0.0979. The zero-order chi connectivity index (χ0) is 13.5. The second-order valence-corrected chi connectivity index (χ2v) is 5.66. The van der Waals surface area contributed by atoms with E-state index in [0.717, 1.165) is 18.4 Å². The topological polar surface area (TPSA) is 17.1 Å². The monoisotopic (exact) mass is 316 g/mol. The summed E-state index contributed by atoms with van der Waals surface area (Å²) in [5, 5.41) is 0. The van der Waals surface area contributed by atoms with Gasteiger partial charge in [-0.3, -0.25) is 4.79 Å². The summed E-state index contributed by atoms with van der Waals surface area (Å²) in [4.78, 5) is 12.3. The number of hydrogen-bond acceptors (Lipinski definition) is 1. The minimum atomic E-state index is 0.230. The molecule has 0 heterocycles. The van der Waals surface area contributed by atoms with Crippen LogP contribution in [0.1, 0.15) is 40.0 Å². The first-order chi connectivity index (χ1) is 9.27. The van der Waals surface area contributed by atoms with Gasteiger partial charge in [0.15, 0.2) is 5.78 Å². The van der Waals surface area contributed by atoms with E-state index in [1.807, 2.05) is 48.5 Å². The molecule has 0 aliphatic heterocycles. The summed E-state index contributed by atoms with van der Waals surface area (Å²) in [5.74, 6) is 0.230. The zero-order valence-corrected chi connectivity index (χ0v) is 12.3. The molecule has 0 bridgehead atoms. The second-order valence-electron chi connectivity index (χ2n) is 4.56. The number of carbonyl (C=O) groups is 1. The lowest BCUT2D eigenvalue weighted by Crippen LogP contribution is -1.99. The number of ketones is 1. The number of rotatable bonds is 6. The largest absolute Gasteiger partial charge is 0.294 e. The second kappa shape index (κ2) is 7.25. The van der Waals surface area contributed by atoms with Crippen molar-refractivity contribution in [1.29, 1.82) is 0 Å². The third kappa shape index (κ3) is 4.32. The van der Waals surface area contributed by atoms with Gasteiger partial charge in [-0.1, -0.05) is 76.6 Å². The number of alkyl halides is 1. The first-order valence-electron chi connectivity index (χ1n) is 6.54. The van der Waals surface area contributed by atoms with Crippen molar-refractivity contribution >= 4 is 21.7 Å². The Balaban J connectivity index is 1.79. The average molecular weight is 317 g/mol. The minimum Gasteiger partial charge on any atom is -0.294 e. The number of Topliss-reactive ketones (excluding diaryl/α,β-unsaturated/α-hetero) is 1. The summed E-state index contributed by atoms with van der Waals surface area (Å²) < 4.78 is 0. The van der Waals surface area contributed by atoms with Gasteiger partial charge in [-0.05, 0) is 18.4 Å². The van der Waals surface area contributed by atoms with Crippen molar-refractivity contribution in [3.63, 3.8) is 0 Å². The fraction of sp³-hybridized carbons (Fsp3) is 0.235. The van der Waals surface area contributed by atoms with Gasteiger partial charge in [-0.25, -0.2) is 0 Å². The molecule has 0 radical (unpaired) electrons. The quantitative estimate of drug-likeness (QED) is 0.530. The predicted molar refractivity (Wildman–Crippen MR) is 82.7 cm³/mol. The molecule has 19 heavy (non-hydrogen) atoms. The molecule has 0 N–H and O–H groups in total. The molecule has 2 heteroatoms. The average Bonchev–Trinajstić information content (AvgIpc) is 2.49. The van der Waals surface area contributed by atoms with Crippen LogP contribution in [0.3, 0.4) is 0 Å². The van der Waals surface area contributed by atoms with Crippen molar-refractivity contribution in [3.05, 3.63) is 71.8 Å². The van der Waals surface area contributed by atoms with Gasteiger partial charge in [-0.2, -0.15) is 0 Å². The number of benzene rings is 2. The van der Waals surface area contributed by atoms with Crippen LogP contribution in [0.2, 0.25) is 0 Å². The van der Waals surface area contributed by atoms with Gasteiger partial charge in [0.1, 0.15) is 0 Å². The van der Waals surface area contributed by atoms with Crippen molar-refractivity contribution in [2.24, 2.45) is 0 Å². The van der Waals surface area contributed by atoms with Crippen LogP contribution in [0.5, 0.6) is 0 Å². The van der Waals surface area contributed by atoms with Crippen LogP contribution in [0, 0.1) is 0 Å².